The Kier molecular flexibility index (Phi) is 11.5. The summed E-state index contributed by atoms with van der Waals surface area (Å²) in [5.41, 5.74) is 4.03. The molecule has 1 aliphatic heterocycles. The number of carbonyl (C=O) groups is 2. The number of amides is 2. The molecule has 1 aromatic heterocycles. The van der Waals surface area contributed by atoms with Crippen LogP contribution >= 0.6 is 15.9 Å². The number of imidazole rings is 1. The number of nitrogens with zero attached hydrogens (tertiary/aromatic N) is 4. The normalized spacial score (nSPS) is 19.3. The summed E-state index contributed by atoms with van der Waals surface area (Å²) >= 11 is 3.51. The molecule has 1 aliphatic carbocycles. The van der Waals surface area contributed by atoms with Gasteiger partial charge < -0.3 is 14.8 Å². The van der Waals surface area contributed by atoms with Crippen molar-refractivity contribution in [2.75, 3.05) is 27.2 Å². The van der Waals surface area contributed by atoms with Gasteiger partial charge in [-0.05, 0) is 65.6 Å². The van der Waals surface area contributed by atoms with Crippen molar-refractivity contribution < 1.29 is 14.4 Å². The molecule has 1 saturated heterocycles. The van der Waals surface area contributed by atoms with Crippen LogP contribution in [0.3, 0.4) is 0 Å². The van der Waals surface area contributed by atoms with Crippen molar-refractivity contribution in [3.63, 3.8) is 0 Å². The highest BCUT2D eigenvalue weighted by Gasteiger charge is 2.41. The van der Waals surface area contributed by atoms with Gasteiger partial charge in [0.15, 0.2) is 0 Å². The number of hydrogen-bond donors (Lipinski definition) is 1. The lowest BCUT2D eigenvalue weighted by Crippen LogP contribution is -2.56. The third-order valence-corrected chi connectivity index (χ3v) is 11.9. The van der Waals surface area contributed by atoms with E-state index < -0.39 is 11.6 Å². The number of halogens is 1. The minimum absolute atomic E-state index is 0.0445. The van der Waals surface area contributed by atoms with Gasteiger partial charge in [-0.15, -0.1) is 0 Å². The van der Waals surface area contributed by atoms with Crippen LogP contribution in [0.15, 0.2) is 132 Å². The van der Waals surface area contributed by atoms with Crippen molar-refractivity contribution in [1.29, 1.82) is 0 Å². The number of piperidine rings is 1. The molecular weight excluding hydrogens is 726 g/mol. The number of aromatic nitrogens is 2. The molecule has 2 aliphatic rings. The first-order valence-corrected chi connectivity index (χ1v) is 19.5. The number of nitrogens with one attached hydrogen (secondary N) is 1. The topological polar surface area (TPSA) is 79.7 Å². The van der Waals surface area contributed by atoms with Crippen molar-refractivity contribution in [3.8, 4) is 0 Å². The quantitative estimate of drug-likeness (QED) is 0.104. The van der Waals surface area contributed by atoms with Crippen LogP contribution < -0.4 is 5.32 Å². The van der Waals surface area contributed by atoms with E-state index in [2.05, 4.69) is 110 Å². The molecule has 5 aromatic rings. The maximum absolute atomic E-state index is 14.0. The number of hydrogen-bond acceptors (Lipinski definition) is 5. The second kappa shape index (κ2) is 16.6. The second-order valence-corrected chi connectivity index (χ2v) is 15.3. The molecule has 1 saturated carbocycles. The Bertz CT molecular complexity index is 1860. The van der Waals surface area contributed by atoms with Crippen LogP contribution in [0, 0.1) is 11.8 Å². The predicted octanol–water partition coefficient (Wildman–Crippen LogP) is 7.73. The Labute approximate surface area is 321 Å². The van der Waals surface area contributed by atoms with Crippen LogP contribution in [0.4, 0.5) is 0 Å². The van der Waals surface area contributed by atoms with E-state index in [1.54, 1.807) is 7.05 Å². The number of hydroxylamine groups is 2. The molecule has 1 N–H and O–H groups in total. The van der Waals surface area contributed by atoms with E-state index in [0.717, 1.165) is 46.2 Å². The lowest BCUT2D eigenvalue weighted by molar-refractivity contribution is -0.171. The van der Waals surface area contributed by atoms with Crippen molar-refractivity contribution in [2.45, 2.75) is 56.1 Å². The second-order valence-electron chi connectivity index (χ2n) is 14.4. The van der Waals surface area contributed by atoms with Gasteiger partial charge in [0, 0.05) is 48.8 Å². The predicted molar refractivity (Wildman–Crippen MR) is 211 cm³/mol. The van der Waals surface area contributed by atoms with Crippen LogP contribution in [0.25, 0.3) is 0 Å². The zero-order valence-electron chi connectivity index (χ0n) is 30.5. The molecule has 0 radical (unpaired) electrons. The Morgan fingerprint density at radius 3 is 2.00 bits per heavy atom. The van der Waals surface area contributed by atoms with Gasteiger partial charge in [0.25, 0.3) is 11.8 Å². The summed E-state index contributed by atoms with van der Waals surface area (Å²) in [6, 6.07) is 38.4. The van der Waals surface area contributed by atoms with E-state index in [0.29, 0.717) is 30.4 Å². The van der Waals surface area contributed by atoms with Gasteiger partial charge in [0.2, 0.25) is 0 Å². The SMILES string of the molecule is CON(C)C(=O)[C@H](Cc1cn(C(c2ccccc2)(c2ccccc2)c2ccccc2)cn1)NC[C@@H]1C[C@H]2CCCC[C@@H]2CN1C(=O)c1ccc(Br)cc1. The number of benzene rings is 4. The van der Waals surface area contributed by atoms with E-state index in [1.807, 2.05) is 48.8 Å². The first kappa shape index (κ1) is 36.8. The molecule has 53 heavy (non-hydrogen) atoms. The lowest BCUT2D eigenvalue weighted by Gasteiger charge is -2.46. The molecule has 0 spiro atoms. The fraction of sp³-hybridized carbons (Fsp3) is 0.341. The van der Waals surface area contributed by atoms with Gasteiger partial charge in [-0.3, -0.25) is 14.4 Å². The van der Waals surface area contributed by atoms with Gasteiger partial charge in [0.05, 0.1) is 25.2 Å². The largest absolute Gasteiger partial charge is 0.334 e. The Balaban J connectivity index is 1.20. The van der Waals surface area contributed by atoms with Gasteiger partial charge in [0.1, 0.15) is 5.54 Å². The summed E-state index contributed by atoms with van der Waals surface area (Å²) in [6.45, 7) is 1.23. The highest BCUT2D eigenvalue weighted by Crippen LogP contribution is 2.41. The van der Waals surface area contributed by atoms with Crippen molar-refractivity contribution in [1.82, 2.24) is 24.8 Å². The van der Waals surface area contributed by atoms with E-state index >= 15 is 0 Å². The monoisotopic (exact) mass is 773 g/mol. The van der Waals surface area contributed by atoms with Crippen LogP contribution in [0.5, 0.6) is 0 Å². The fourth-order valence-electron chi connectivity index (χ4n) is 8.60. The number of rotatable bonds is 12. The maximum atomic E-state index is 14.0. The average molecular weight is 775 g/mol. The standard InChI is InChI=1S/C44H48BrN5O3/c1-48(53-2)43(52)41(46-28-40-26-33-14-12-13-15-34(33)29-50(40)42(51)32-22-24-38(45)25-23-32)27-39-30-49(31-47-39)44(35-16-6-3-7-17-35,36-18-8-4-9-19-36)37-20-10-5-11-21-37/h3-11,16-25,30-31,33-34,40-41,46H,12-15,26-29H2,1-2H3/t33-,34-,40+,41+/m1/s1. The third-order valence-electron chi connectivity index (χ3n) is 11.4. The van der Waals surface area contributed by atoms with Gasteiger partial charge in [-0.25, -0.2) is 10.0 Å². The van der Waals surface area contributed by atoms with Gasteiger partial charge >= 0.3 is 0 Å². The first-order chi connectivity index (χ1) is 25.9. The van der Waals surface area contributed by atoms with Crippen LogP contribution in [0.2, 0.25) is 0 Å². The molecular formula is C44H48BrN5O3. The smallest absolute Gasteiger partial charge is 0.263 e. The molecule has 2 amide bonds. The van der Waals surface area contributed by atoms with Crippen molar-refractivity contribution in [2.24, 2.45) is 11.8 Å². The van der Waals surface area contributed by atoms with Crippen molar-refractivity contribution >= 4 is 27.7 Å². The summed E-state index contributed by atoms with van der Waals surface area (Å²) in [6.07, 6.45) is 10.0. The Morgan fingerprint density at radius 2 is 1.43 bits per heavy atom. The number of fused-ring (bicyclic) bond motifs is 1. The molecule has 7 rings (SSSR count). The summed E-state index contributed by atoms with van der Waals surface area (Å²) < 4.78 is 3.12. The first-order valence-electron chi connectivity index (χ1n) is 18.7. The molecule has 9 heteroatoms. The average Bonchev–Trinajstić information content (AvgIpc) is 3.68. The molecule has 0 bridgehead atoms. The number of carbonyl (C=O) groups excluding carboxylic acids is 2. The Hall–Kier alpha value is -4.57. The molecule has 274 valence electrons. The van der Waals surface area contributed by atoms with Crippen LogP contribution in [-0.4, -0.2) is 70.7 Å². The minimum Gasteiger partial charge on any atom is -0.334 e. The highest BCUT2D eigenvalue weighted by atomic mass is 79.9. The van der Waals surface area contributed by atoms with E-state index in [4.69, 9.17) is 9.82 Å². The molecule has 0 unspecified atom stereocenters. The molecule has 4 aromatic carbocycles. The zero-order chi connectivity index (χ0) is 36.8. The van der Waals surface area contributed by atoms with E-state index in [1.165, 1.54) is 31.4 Å². The minimum atomic E-state index is -0.711. The lowest BCUT2D eigenvalue weighted by atomic mass is 9.72. The zero-order valence-corrected chi connectivity index (χ0v) is 32.1. The van der Waals surface area contributed by atoms with Crippen LogP contribution in [-0.2, 0) is 21.6 Å². The third kappa shape index (κ3) is 7.74. The molecule has 8 nitrogen and oxygen atoms in total. The summed E-state index contributed by atoms with van der Waals surface area (Å²) in [5, 5.41) is 4.89. The molecule has 2 heterocycles. The van der Waals surface area contributed by atoms with Gasteiger partial charge in [-0.2, -0.15) is 0 Å². The molecule has 4 atom stereocenters. The summed E-state index contributed by atoms with van der Waals surface area (Å²) in [5.74, 6) is 0.945. The van der Waals surface area contributed by atoms with Crippen molar-refractivity contribution in [3.05, 3.63) is 160 Å². The number of likely N-dealkylation sites (N-methyl/N-ethyl adjacent to an activating group) is 1. The molecule has 2 fully saturated rings. The summed E-state index contributed by atoms with van der Waals surface area (Å²) in [7, 11) is 3.14. The fourth-order valence-corrected chi connectivity index (χ4v) is 8.86. The number of likely N-dealkylation sites (tertiary alicyclic amines) is 1. The highest BCUT2D eigenvalue weighted by molar-refractivity contribution is 9.10. The van der Waals surface area contributed by atoms with Crippen LogP contribution in [0.1, 0.15) is 64.8 Å². The van der Waals surface area contributed by atoms with E-state index in [9.17, 15) is 9.59 Å². The summed E-state index contributed by atoms with van der Waals surface area (Å²) in [4.78, 5) is 40.4. The van der Waals surface area contributed by atoms with Gasteiger partial charge in [-0.1, -0.05) is 126 Å². The van der Waals surface area contributed by atoms with E-state index in [-0.39, 0.29) is 17.9 Å². The Morgan fingerprint density at radius 1 is 0.868 bits per heavy atom. The maximum Gasteiger partial charge on any atom is 0.263 e.